The van der Waals surface area contributed by atoms with Crippen LogP contribution in [0.1, 0.15) is 12.8 Å². The van der Waals surface area contributed by atoms with Crippen LogP contribution in [0.2, 0.25) is 0 Å². The molecule has 0 spiro atoms. The molecule has 1 aromatic rings. The Morgan fingerprint density at radius 1 is 1.50 bits per heavy atom. The van der Waals surface area contributed by atoms with Crippen LogP contribution in [0.4, 0.5) is 10.1 Å². The first kappa shape index (κ1) is 13.0. The molecule has 0 radical (unpaired) electrons. The van der Waals surface area contributed by atoms with Crippen molar-refractivity contribution in [3.8, 4) is 0 Å². The molecule has 1 heterocycles. The largest absolute Gasteiger partial charge is 0.380 e. The van der Waals surface area contributed by atoms with Crippen molar-refractivity contribution in [1.29, 1.82) is 0 Å². The van der Waals surface area contributed by atoms with Crippen LogP contribution >= 0.6 is 0 Å². The van der Waals surface area contributed by atoms with Gasteiger partial charge in [-0.2, -0.15) is 0 Å². The van der Waals surface area contributed by atoms with E-state index in [0.717, 1.165) is 19.1 Å². The summed E-state index contributed by atoms with van der Waals surface area (Å²) < 4.78 is 19.1. The van der Waals surface area contributed by atoms with Crippen molar-refractivity contribution in [1.82, 2.24) is 0 Å². The Morgan fingerprint density at radius 2 is 2.28 bits per heavy atom. The second-order valence-electron chi connectivity index (χ2n) is 4.94. The van der Waals surface area contributed by atoms with Gasteiger partial charge in [-0.05, 0) is 25.0 Å². The fraction of sp³-hybridized carbons (Fsp3) is 0.500. The van der Waals surface area contributed by atoms with Crippen molar-refractivity contribution in [2.75, 3.05) is 31.7 Å². The second kappa shape index (κ2) is 5.48. The summed E-state index contributed by atoms with van der Waals surface area (Å²) in [5, 5.41) is 0. The van der Waals surface area contributed by atoms with Crippen molar-refractivity contribution in [3.05, 3.63) is 30.1 Å². The van der Waals surface area contributed by atoms with E-state index in [4.69, 9.17) is 4.74 Å². The van der Waals surface area contributed by atoms with Gasteiger partial charge < -0.3 is 14.4 Å². The third-order valence-electron chi connectivity index (χ3n) is 3.42. The quantitative estimate of drug-likeness (QED) is 0.769. The van der Waals surface area contributed by atoms with Gasteiger partial charge in [-0.15, -0.1) is 0 Å². The first-order chi connectivity index (χ1) is 8.67. The summed E-state index contributed by atoms with van der Waals surface area (Å²) in [5.41, 5.74) is 0.0132. The van der Waals surface area contributed by atoms with E-state index < -0.39 is 5.41 Å². The maximum Gasteiger partial charge on any atom is 0.146 e. The number of ether oxygens (including phenoxy) is 1. The SMILES string of the molecule is CN(CC1(C=O)CCCOC1)c1ccccc1F. The minimum absolute atomic E-state index is 0.266. The van der Waals surface area contributed by atoms with Crippen molar-refractivity contribution < 1.29 is 13.9 Å². The van der Waals surface area contributed by atoms with Crippen molar-refractivity contribution >= 4 is 12.0 Å². The number of benzene rings is 1. The number of rotatable bonds is 4. The molecule has 1 unspecified atom stereocenters. The van der Waals surface area contributed by atoms with Gasteiger partial charge in [0.2, 0.25) is 0 Å². The molecular weight excluding hydrogens is 233 g/mol. The molecule has 1 fully saturated rings. The number of hydrogen-bond acceptors (Lipinski definition) is 3. The zero-order valence-electron chi connectivity index (χ0n) is 10.6. The van der Waals surface area contributed by atoms with Crippen LogP contribution in [0, 0.1) is 11.2 Å². The second-order valence-corrected chi connectivity index (χ2v) is 4.94. The maximum atomic E-state index is 13.7. The first-order valence-corrected chi connectivity index (χ1v) is 6.17. The van der Waals surface area contributed by atoms with Gasteiger partial charge in [0, 0.05) is 20.2 Å². The monoisotopic (exact) mass is 251 g/mol. The van der Waals surface area contributed by atoms with E-state index in [2.05, 4.69) is 0 Å². The molecule has 0 aliphatic carbocycles. The van der Waals surface area contributed by atoms with E-state index in [9.17, 15) is 9.18 Å². The van der Waals surface area contributed by atoms with Crippen LogP contribution < -0.4 is 4.90 Å². The number of para-hydroxylation sites is 1. The van der Waals surface area contributed by atoms with Gasteiger partial charge >= 0.3 is 0 Å². The molecule has 1 saturated heterocycles. The summed E-state index contributed by atoms with van der Waals surface area (Å²) in [6, 6.07) is 6.60. The van der Waals surface area contributed by atoms with Gasteiger partial charge in [-0.3, -0.25) is 0 Å². The van der Waals surface area contributed by atoms with E-state index in [1.807, 2.05) is 0 Å². The molecule has 4 heteroatoms. The normalized spacial score (nSPS) is 23.7. The molecule has 1 aliphatic heterocycles. The summed E-state index contributed by atoms with van der Waals surface area (Å²) in [7, 11) is 1.80. The number of hydrogen-bond donors (Lipinski definition) is 0. The van der Waals surface area contributed by atoms with Crippen LogP contribution in [-0.2, 0) is 9.53 Å². The van der Waals surface area contributed by atoms with Gasteiger partial charge in [0.05, 0.1) is 17.7 Å². The van der Waals surface area contributed by atoms with Gasteiger partial charge in [0.1, 0.15) is 12.1 Å². The molecule has 0 saturated carbocycles. The molecule has 2 rings (SSSR count). The van der Waals surface area contributed by atoms with E-state index in [1.165, 1.54) is 6.07 Å². The Bertz CT molecular complexity index is 416. The summed E-state index contributed by atoms with van der Waals surface area (Å²) in [5.74, 6) is -0.266. The van der Waals surface area contributed by atoms with Crippen molar-refractivity contribution in [3.63, 3.8) is 0 Å². The Balaban J connectivity index is 2.12. The molecule has 0 aromatic heterocycles. The lowest BCUT2D eigenvalue weighted by Crippen LogP contribution is -2.43. The lowest BCUT2D eigenvalue weighted by molar-refractivity contribution is -0.122. The highest BCUT2D eigenvalue weighted by molar-refractivity contribution is 5.62. The molecule has 98 valence electrons. The van der Waals surface area contributed by atoms with Crippen LogP contribution in [0.3, 0.4) is 0 Å². The average Bonchev–Trinajstić information content (AvgIpc) is 2.40. The third-order valence-corrected chi connectivity index (χ3v) is 3.42. The van der Waals surface area contributed by atoms with E-state index in [-0.39, 0.29) is 5.82 Å². The molecule has 0 N–H and O–H groups in total. The van der Waals surface area contributed by atoms with Crippen LogP contribution in [0.15, 0.2) is 24.3 Å². The average molecular weight is 251 g/mol. The van der Waals surface area contributed by atoms with Crippen LogP contribution in [0.25, 0.3) is 0 Å². The fourth-order valence-electron chi connectivity index (χ4n) is 2.45. The molecule has 1 aliphatic rings. The lowest BCUT2D eigenvalue weighted by atomic mass is 9.83. The summed E-state index contributed by atoms with van der Waals surface area (Å²) in [6.45, 7) is 1.62. The molecule has 0 bridgehead atoms. The number of carbonyl (C=O) groups is 1. The molecule has 1 aromatic carbocycles. The lowest BCUT2D eigenvalue weighted by Gasteiger charge is -2.36. The standard InChI is InChI=1S/C14H18FNO2/c1-16(13-6-3-2-5-12(13)15)9-14(10-17)7-4-8-18-11-14/h2-3,5-6,10H,4,7-9,11H2,1H3. The van der Waals surface area contributed by atoms with Gasteiger partial charge in [-0.25, -0.2) is 4.39 Å². The predicted molar refractivity (Wildman–Crippen MR) is 68.2 cm³/mol. The van der Waals surface area contributed by atoms with Gasteiger partial charge in [0.15, 0.2) is 0 Å². The fourth-order valence-corrected chi connectivity index (χ4v) is 2.45. The Morgan fingerprint density at radius 3 is 2.89 bits per heavy atom. The van der Waals surface area contributed by atoms with Crippen LogP contribution in [-0.4, -0.2) is 33.1 Å². The van der Waals surface area contributed by atoms with Crippen molar-refractivity contribution in [2.45, 2.75) is 12.8 Å². The minimum atomic E-state index is -0.505. The Kier molecular flexibility index (Phi) is 3.97. The smallest absolute Gasteiger partial charge is 0.146 e. The van der Waals surface area contributed by atoms with E-state index in [1.54, 1.807) is 30.1 Å². The molecule has 18 heavy (non-hydrogen) atoms. The summed E-state index contributed by atoms with van der Waals surface area (Å²) >= 11 is 0. The van der Waals surface area contributed by atoms with Crippen LogP contribution in [0.5, 0.6) is 0 Å². The first-order valence-electron chi connectivity index (χ1n) is 6.17. The zero-order valence-corrected chi connectivity index (χ0v) is 10.6. The molecule has 0 amide bonds. The highest BCUT2D eigenvalue weighted by Gasteiger charge is 2.34. The van der Waals surface area contributed by atoms with E-state index in [0.29, 0.717) is 25.4 Å². The molecule has 3 nitrogen and oxygen atoms in total. The Labute approximate surface area is 107 Å². The number of nitrogens with zero attached hydrogens (tertiary/aromatic N) is 1. The summed E-state index contributed by atoms with van der Waals surface area (Å²) in [4.78, 5) is 13.1. The zero-order chi connectivity index (χ0) is 13.0. The minimum Gasteiger partial charge on any atom is -0.380 e. The summed E-state index contributed by atoms with van der Waals surface area (Å²) in [6.07, 6.45) is 2.64. The van der Waals surface area contributed by atoms with Gasteiger partial charge in [0.25, 0.3) is 0 Å². The maximum absolute atomic E-state index is 13.7. The highest BCUT2D eigenvalue weighted by Crippen LogP contribution is 2.29. The molecular formula is C14H18FNO2. The number of halogens is 1. The van der Waals surface area contributed by atoms with Crippen molar-refractivity contribution in [2.24, 2.45) is 5.41 Å². The topological polar surface area (TPSA) is 29.5 Å². The molecule has 1 atom stereocenters. The number of aldehydes is 1. The predicted octanol–water partition coefficient (Wildman–Crippen LogP) is 2.26. The number of anilines is 1. The number of carbonyl (C=O) groups excluding carboxylic acids is 1. The highest BCUT2D eigenvalue weighted by atomic mass is 19.1. The van der Waals surface area contributed by atoms with Gasteiger partial charge in [-0.1, -0.05) is 12.1 Å². The Hall–Kier alpha value is -1.42. The van der Waals surface area contributed by atoms with E-state index >= 15 is 0 Å². The third kappa shape index (κ3) is 2.70.